The van der Waals surface area contributed by atoms with Crippen molar-refractivity contribution in [2.24, 2.45) is 5.41 Å². The van der Waals surface area contributed by atoms with Crippen molar-refractivity contribution in [1.82, 2.24) is 34.7 Å². The average Bonchev–Trinajstić information content (AvgIpc) is 3.72. The number of hydrogen-bond acceptors (Lipinski definition) is 7. The molecule has 0 saturated carbocycles. The minimum absolute atomic E-state index is 0.0702. The summed E-state index contributed by atoms with van der Waals surface area (Å²) in [6, 6.07) is 10.6. The lowest BCUT2D eigenvalue weighted by Gasteiger charge is -2.31. The number of carbonyl (C=O) groups excluding carboxylic acids is 1. The molecule has 3 heterocycles. The van der Waals surface area contributed by atoms with E-state index in [2.05, 4.69) is 25.9 Å². The van der Waals surface area contributed by atoms with Crippen LogP contribution in [0.4, 0.5) is 19.1 Å². The number of hydrogen-bond donors (Lipinski definition) is 2. The maximum absolute atomic E-state index is 13.3. The van der Waals surface area contributed by atoms with Crippen LogP contribution in [0.15, 0.2) is 77.2 Å². The predicted octanol–water partition coefficient (Wildman–Crippen LogP) is 6.49. The van der Waals surface area contributed by atoms with E-state index < -0.39 is 27.2 Å². The number of rotatable bonds is 8. The molecule has 1 aliphatic carbocycles. The first kappa shape index (κ1) is 33.8. The van der Waals surface area contributed by atoms with Crippen LogP contribution < -0.4 is 5.32 Å². The van der Waals surface area contributed by atoms with Crippen LogP contribution in [0.25, 0.3) is 11.3 Å². The fourth-order valence-corrected chi connectivity index (χ4v) is 7.77. The molecule has 252 valence electrons. The number of nitrogens with one attached hydrogen (secondary N) is 2. The molecule has 2 aromatic carbocycles. The Morgan fingerprint density at radius 2 is 1.77 bits per heavy atom. The minimum Gasteiger partial charge on any atom is -0.291 e. The molecule has 0 radical (unpaired) electrons. The summed E-state index contributed by atoms with van der Waals surface area (Å²) in [5.74, 6) is -0.273. The Labute approximate surface area is 283 Å². The second-order valence-electron chi connectivity index (χ2n) is 11.9. The summed E-state index contributed by atoms with van der Waals surface area (Å²) in [6.07, 6.45) is 2.44. The molecule has 1 atom stereocenters. The van der Waals surface area contributed by atoms with E-state index in [1.165, 1.54) is 4.31 Å². The molecule has 2 aromatic heterocycles. The molecule has 4 aromatic rings. The Morgan fingerprint density at radius 1 is 1.08 bits per heavy atom. The number of aromatic amines is 1. The molecule has 0 spiro atoms. The van der Waals surface area contributed by atoms with Crippen molar-refractivity contribution in [3.63, 3.8) is 0 Å². The maximum atomic E-state index is 13.3. The number of allylic oxidation sites excluding steroid dienone is 3. The van der Waals surface area contributed by atoms with E-state index in [1.54, 1.807) is 25.1 Å². The van der Waals surface area contributed by atoms with Gasteiger partial charge >= 0.3 is 6.18 Å². The first-order chi connectivity index (χ1) is 22.7. The van der Waals surface area contributed by atoms with Crippen LogP contribution >= 0.6 is 23.2 Å². The number of amides is 1. The number of benzene rings is 2. The molecule has 1 saturated heterocycles. The van der Waals surface area contributed by atoms with Crippen LogP contribution in [0.1, 0.15) is 43.4 Å². The zero-order valence-corrected chi connectivity index (χ0v) is 27.7. The third-order valence-corrected chi connectivity index (χ3v) is 10.9. The molecule has 2 aliphatic rings. The number of tetrazole rings is 1. The highest BCUT2D eigenvalue weighted by Crippen LogP contribution is 2.37. The van der Waals surface area contributed by atoms with Gasteiger partial charge in [-0.3, -0.25) is 14.8 Å². The number of aromatic nitrogens is 6. The number of alkyl halides is 3. The molecule has 1 unspecified atom stereocenters. The molecule has 2 N–H and O–H groups in total. The van der Waals surface area contributed by atoms with Gasteiger partial charge in [0, 0.05) is 40.3 Å². The maximum Gasteiger partial charge on any atom is 0.416 e. The van der Waals surface area contributed by atoms with E-state index in [4.69, 9.17) is 28.3 Å². The van der Waals surface area contributed by atoms with Crippen molar-refractivity contribution < 1.29 is 26.4 Å². The van der Waals surface area contributed by atoms with Gasteiger partial charge in [0.15, 0.2) is 0 Å². The number of piperidine rings is 1. The van der Waals surface area contributed by atoms with E-state index >= 15 is 0 Å². The quantitative estimate of drug-likeness (QED) is 0.212. The molecule has 48 heavy (non-hydrogen) atoms. The van der Waals surface area contributed by atoms with E-state index in [0.29, 0.717) is 47.1 Å². The van der Waals surface area contributed by atoms with Crippen molar-refractivity contribution in [2.75, 3.05) is 18.4 Å². The zero-order valence-electron chi connectivity index (χ0n) is 25.4. The van der Waals surface area contributed by atoms with Gasteiger partial charge in [-0.2, -0.15) is 27.8 Å². The van der Waals surface area contributed by atoms with Crippen LogP contribution in [-0.4, -0.2) is 62.1 Å². The molecular formula is C31H29Cl2F3N8O3S. The fraction of sp³-hybridized carbons (Fsp3) is 0.323. The third kappa shape index (κ3) is 7.18. The van der Waals surface area contributed by atoms with Crippen LogP contribution in [0, 0.1) is 5.41 Å². The summed E-state index contributed by atoms with van der Waals surface area (Å²) < 4.78 is 68.9. The summed E-state index contributed by atoms with van der Waals surface area (Å²) in [6.45, 7) is 2.54. The summed E-state index contributed by atoms with van der Waals surface area (Å²) in [7, 11) is -3.99. The van der Waals surface area contributed by atoms with E-state index in [1.807, 2.05) is 29.0 Å². The Bertz CT molecular complexity index is 1970. The van der Waals surface area contributed by atoms with Gasteiger partial charge < -0.3 is 0 Å². The summed E-state index contributed by atoms with van der Waals surface area (Å²) in [5, 5.41) is 21.7. The largest absolute Gasteiger partial charge is 0.416 e. The summed E-state index contributed by atoms with van der Waals surface area (Å²) in [4.78, 5) is 12.7. The summed E-state index contributed by atoms with van der Waals surface area (Å²) in [5.41, 5.74) is 1.40. The fourth-order valence-electron chi connectivity index (χ4n) is 5.77. The Balaban J connectivity index is 1.21. The number of nitrogens with zero attached hydrogens (tertiary/aromatic N) is 6. The van der Waals surface area contributed by atoms with E-state index in [-0.39, 0.29) is 35.8 Å². The second kappa shape index (κ2) is 13.1. The lowest BCUT2D eigenvalue weighted by molar-refractivity contribution is -0.137. The molecule has 1 fully saturated rings. The monoisotopic (exact) mass is 720 g/mol. The molecule has 0 bridgehead atoms. The smallest absolute Gasteiger partial charge is 0.291 e. The lowest BCUT2D eigenvalue weighted by Crippen LogP contribution is -2.38. The minimum atomic E-state index is -4.56. The van der Waals surface area contributed by atoms with Crippen LogP contribution in [0.5, 0.6) is 0 Å². The van der Waals surface area contributed by atoms with Gasteiger partial charge in [-0.1, -0.05) is 46.5 Å². The highest BCUT2D eigenvalue weighted by Gasteiger charge is 2.35. The van der Waals surface area contributed by atoms with Crippen LogP contribution in [-0.2, 0) is 27.5 Å². The molecule has 6 rings (SSSR count). The average molecular weight is 722 g/mol. The second-order valence-corrected chi connectivity index (χ2v) is 14.7. The molecule has 17 heteroatoms. The van der Waals surface area contributed by atoms with Gasteiger partial charge in [0.25, 0.3) is 5.95 Å². The van der Waals surface area contributed by atoms with Crippen molar-refractivity contribution in [3.8, 4) is 11.3 Å². The molecule has 11 nitrogen and oxygen atoms in total. The number of carbonyl (C=O) groups is 1. The van der Waals surface area contributed by atoms with Crippen LogP contribution in [0.3, 0.4) is 0 Å². The Hall–Kier alpha value is -4.05. The van der Waals surface area contributed by atoms with Gasteiger partial charge in [-0.05, 0) is 85.5 Å². The normalized spacial score (nSPS) is 19.3. The van der Waals surface area contributed by atoms with Gasteiger partial charge in [0.1, 0.15) is 0 Å². The van der Waals surface area contributed by atoms with Gasteiger partial charge in [0.05, 0.1) is 28.1 Å². The highest BCUT2D eigenvalue weighted by atomic mass is 35.5. The standard InChI is InChI=1S/C31H29Cl2F3N8O3S/c1-30(28(45)37-29-38-41-42-39-29)10-6-19(7-11-30)18-44-27(17-26(40-44)21-14-23(32)16-24(33)15-21)20-8-12-43(13-9-20)48(46,47)25-4-2-22(3-5-25)31(34,35)36/h2-7,10,14-17,20H,8-9,11-13,18H2,1H3,(H2,37,38,39,41,42,45). The first-order valence-corrected chi connectivity index (χ1v) is 17.1. The Kier molecular flexibility index (Phi) is 9.24. The predicted molar refractivity (Wildman–Crippen MR) is 173 cm³/mol. The van der Waals surface area contributed by atoms with Crippen molar-refractivity contribution in [3.05, 3.63) is 93.6 Å². The third-order valence-electron chi connectivity index (χ3n) is 8.54. The van der Waals surface area contributed by atoms with Crippen LogP contribution in [0.2, 0.25) is 10.0 Å². The number of H-pyrrole nitrogens is 1. The number of halogens is 5. The molecular weight excluding hydrogens is 692 g/mol. The summed E-state index contributed by atoms with van der Waals surface area (Å²) >= 11 is 12.6. The van der Waals surface area contributed by atoms with Crippen molar-refractivity contribution >= 4 is 45.1 Å². The first-order valence-electron chi connectivity index (χ1n) is 14.9. The van der Waals surface area contributed by atoms with Gasteiger partial charge in [-0.15, -0.1) is 5.10 Å². The number of anilines is 1. The van der Waals surface area contributed by atoms with E-state index in [0.717, 1.165) is 35.5 Å². The molecule has 1 amide bonds. The van der Waals surface area contributed by atoms with Gasteiger partial charge in [0.2, 0.25) is 15.9 Å². The van der Waals surface area contributed by atoms with Gasteiger partial charge in [-0.25, -0.2) is 8.42 Å². The Morgan fingerprint density at radius 3 is 2.35 bits per heavy atom. The molecule has 1 aliphatic heterocycles. The number of sulfonamides is 1. The topological polar surface area (TPSA) is 139 Å². The highest BCUT2D eigenvalue weighted by molar-refractivity contribution is 7.89. The van der Waals surface area contributed by atoms with E-state index in [9.17, 15) is 26.4 Å². The SMILES string of the molecule is CC1(C(=O)Nc2nn[nH]n2)C=CC(Cn2nc(-c3cc(Cl)cc(Cl)c3)cc2C2CCN(S(=O)(=O)c3ccc(C(F)(F)F)cc3)CC2)=CC1. The van der Waals surface area contributed by atoms with Crippen molar-refractivity contribution in [1.29, 1.82) is 0 Å². The lowest BCUT2D eigenvalue weighted by atomic mass is 9.81. The zero-order chi connectivity index (χ0) is 34.3. The van der Waals surface area contributed by atoms with Crippen molar-refractivity contribution in [2.45, 2.75) is 49.7 Å².